The highest BCUT2D eigenvalue weighted by atomic mass is 35.5. The summed E-state index contributed by atoms with van der Waals surface area (Å²) in [5.41, 5.74) is 6.92. The first-order valence-corrected chi connectivity index (χ1v) is 13.7. The van der Waals surface area contributed by atoms with Crippen LogP contribution in [0.25, 0.3) is 22.4 Å². The molecule has 5 rings (SSSR count). The summed E-state index contributed by atoms with van der Waals surface area (Å²) < 4.78 is 11.6. The molecule has 0 atom stereocenters. The van der Waals surface area contributed by atoms with Gasteiger partial charge in [-0.05, 0) is 79.8 Å². The van der Waals surface area contributed by atoms with Gasteiger partial charge < -0.3 is 19.5 Å². The second-order valence-electron chi connectivity index (χ2n) is 10.1. The van der Waals surface area contributed by atoms with E-state index in [0.717, 1.165) is 50.6 Å². The number of aromatic nitrogens is 2. The fourth-order valence-electron chi connectivity index (χ4n) is 4.98. The van der Waals surface area contributed by atoms with Crippen molar-refractivity contribution in [1.82, 2.24) is 9.97 Å². The van der Waals surface area contributed by atoms with E-state index in [1.54, 1.807) is 13.3 Å². The standard InChI is InChI=1S/C32H32ClN3O4/c1-20-4-9-30(27(16-20)29-10-13-34-32(35-29)36-14-11-22(12-15-36)31(37)38)40-19-24-6-5-23(17-21(24)2)26-8-7-25(39-3)18-28(26)33/h4-10,13,16-18,22H,11-12,14-15,19H2,1-3H3,(H,37,38). The van der Waals surface area contributed by atoms with E-state index in [4.69, 9.17) is 26.1 Å². The average Bonchev–Trinajstić information content (AvgIpc) is 2.97. The van der Waals surface area contributed by atoms with Gasteiger partial charge in [0.05, 0.1) is 23.7 Å². The Labute approximate surface area is 239 Å². The van der Waals surface area contributed by atoms with Crippen molar-refractivity contribution < 1.29 is 19.4 Å². The van der Waals surface area contributed by atoms with E-state index in [1.807, 2.05) is 43.3 Å². The fraction of sp³-hybridized carbons (Fsp3) is 0.281. The van der Waals surface area contributed by atoms with Crippen LogP contribution in [0.2, 0.25) is 5.02 Å². The van der Waals surface area contributed by atoms with Crippen LogP contribution in [0.5, 0.6) is 11.5 Å². The van der Waals surface area contributed by atoms with Crippen molar-refractivity contribution in [2.45, 2.75) is 33.3 Å². The monoisotopic (exact) mass is 557 g/mol. The number of carbonyl (C=O) groups is 1. The van der Waals surface area contributed by atoms with Gasteiger partial charge in [0.2, 0.25) is 5.95 Å². The van der Waals surface area contributed by atoms with Crippen LogP contribution < -0.4 is 14.4 Å². The van der Waals surface area contributed by atoms with E-state index in [1.165, 1.54) is 0 Å². The number of ether oxygens (including phenoxy) is 2. The van der Waals surface area contributed by atoms with Crippen LogP contribution in [0.4, 0.5) is 5.95 Å². The van der Waals surface area contributed by atoms with Crippen LogP contribution in [-0.4, -0.2) is 41.2 Å². The molecule has 1 N–H and O–H groups in total. The van der Waals surface area contributed by atoms with Crippen LogP contribution in [0.15, 0.2) is 66.9 Å². The van der Waals surface area contributed by atoms with Crippen molar-refractivity contribution >= 4 is 23.5 Å². The molecule has 8 heteroatoms. The van der Waals surface area contributed by atoms with Gasteiger partial charge in [0.1, 0.15) is 18.1 Å². The van der Waals surface area contributed by atoms with E-state index in [9.17, 15) is 9.90 Å². The minimum absolute atomic E-state index is 0.304. The third kappa shape index (κ3) is 6.05. The Bertz CT molecular complexity index is 1530. The largest absolute Gasteiger partial charge is 0.497 e. The zero-order valence-electron chi connectivity index (χ0n) is 22.9. The summed E-state index contributed by atoms with van der Waals surface area (Å²) in [7, 11) is 1.63. The topological polar surface area (TPSA) is 84.8 Å². The van der Waals surface area contributed by atoms with E-state index in [0.29, 0.717) is 43.5 Å². The van der Waals surface area contributed by atoms with Crippen molar-refractivity contribution in [3.8, 4) is 33.9 Å². The van der Waals surface area contributed by atoms with Crippen molar-refractivity contribution in [2.75, 3.05) is 25.1 Å². The van der Waals surface area contributed by atoms with Gasteiger partial charge in [-0.3, -0.25) is 4.79 Å². The second-order valence-corrected chi connectivity index (χ2v) is 10.5. The summed E-state index contributed by atoms with van der Waals surface area (Å²) in [6, 6.07) is 19.9. The summed E-state index contributed by atoms with van der Waals surface area (Å²) in [5.74, 6) is 1.04. The van der Waals surface area contributed by atoms with E-state index < -0.39 is 5.97 Å². The number of methoxy groups -OCH3 is 1. The van der Waals surface area contributed by atoms with Crippen LogP contribution in [0.3, 0.4) is 0 Å². The van der Waals surface area contributed by atoms with Gasteiger partial charge in [0.15, 0.2) is 0 Å². The van der Waals surface area contributed by atoms with Gasteiger partial charge in [-0.15, -0.1) is 0 Å². The molecule has 0 spiro atoms. The lowest BCUT2D eigenvalue weighted by Crippen LogP contribution is -2.37. The number of anilines is 1. The Morgan fingerprint density at radius 3 is 2.52 bits per heavy atom. The maximum atomic E-state index is 11.3. The molecule has 0 radical (unpaired) electrons. The molecule has 2 heterocycles. The first kappa shape index (κ1) is 27.5. The van der Waals surface area contributed by atoms with Gasteiger partial charge in [0, 0.05) is 30.4 Å². The summed E-state index contributed by atoms with van der Waals surface area (Å²) >= 11 is 6.50. The molecular weight excluding hydrogens is 526 g/mol. The third-order valence-electron chi connectivity index (χ3n) is 7.39. The predicted octanol–water partition coefficient (Wildman–Crippen LogP) is 6.97. The number of aryl methyl sites for hydroxylation is 2. The molecule has 206 valence electrons. The number of carboxylic acids is 1. The Balaban J connectivity index is 1.34. The first-order valence-electron chi connectivity index (χ1n) is 13.3. The zero-order chi connectivity index (χ0) is 28.2. The molecule has 0 bridgehead atoms. The zero-order valence-corrected chi connectivity index (χ0v) is 23.6. The minimum Gasteiger partial charge on any atom is -0.497 e. The van der Waals surface area contributed by atoms with Gasteiger partial charge in [-0.1, -0.05) is 41.4 Å². The van der Waals surface area contributed by atoms with E-state index in [2.05, 4.69) is 41.1 Å². The molecule has 7 nitrogen and oxygen atoms in total. The van der Waals surface area contributed by atoms with Crippen LogP contribution >= 0.6 is 11.6 Å². The lowest BCUT2D eigenvalue weighted by atomic mass is 9.97. The van der Waals surface area contributed by atoms with Crippen molar-refractivity contribution in [3.05, 3.63) is 88.6 Å². The van der Waals surface area contributed by atoms with Crippen LogP contribution in [0.1, 0.15) is 29.5 Å². The van der Waals surface area contributed by atoms with Crippen molar-refractivity contribution in [2.24, 2.45) is 5.92 Å². The smallest absolute Gasteiger partial charge is 0.306 e. The van der Waals surface area contributed by atoms with E-state index >= 15 is 0 Å². The molecule has 1 aliphatic rings. The summed E-state index contributed by atoms with van der Waals surface area (Å²) in [5, 5.41) is 9.96. The molecule has 1 saturated heterocycles. The Morgan fingerprint density at radius 1 is 1.02 bits per heavy atom. The lowest BCUT2D eigenvalue weighted by Gasteiger charge is -2.30. The number of aliphatic carboxylic acids is 1. The number of halogens is 1. The molecule has 1 aliphatic heterocycles. The molecule has 0 amide bonds. The highest BCUT2D eigenvalue weighted by molar-refractivity contribution is 6.33. The fourth-order valence-corrected chi connectivity index (χ4v) is 5.26. The molecule has 40 heavy (non-hydrogen) atoms. The molecule has 0 aliphatic carbocycles. The lowest BCUT2D eigenvalue weighted by molar-refractivity contribution is -0.142. The highest BCUT2D eigenvalue weighted by Crippen LogP contribution is 2.34. The number of carboxylic acid groups (broad SMARTS) is 1. The third-order valence-corrected chi connectivity index (χ3v) is 7.71. The number of hydrogen-bond donors (Lipinski definition) is 1. The minimum atomic E-state index is -0.731. The molecule has 3 aromatic carbocycles. The predicted molar refractivity (Wildman–Crippen MR) is 157 cm³/mol. The average molecular weight is 558 g/mol. The molecule has 4 aromatic rings. The number of nitrogens with zero attached hydrogens (tertiary/aromatic N) is 3. The van der Waals surface area contributed by atoms with Crippen molar-refractivity contribution in [1.29, 1.82) is 0 Å². The van der Waals surface area contributed by atoms with Gasteiger partial charge in [0.25, 0.3) is 0 Å². The summed E-state index contributed by atoms with van der Waals surface area (Å²) in [4.78, 5) is 22.7. The molecule has 1 fully saturated rings. The number of hydrogen-bond acceptors (Lipinski definition) is 6. The molecule has 0 unspecified atom stereocenters. The first-order chi connectivity index (χ1) is 19.3. The van der Waals surface area contributed by atoms with Crippen molar-refractivity contribution in [3.63, 3.8) is 0 Å². The number of piperidine rings is 1. The Kier molecular flexibility index (Phi) is 8.21. The molecular formula is C32H32ClN3O4. The van der Waals surface area contributed by atoms with Gasteiger partial charge in [-0.2, -0.15) is 0 Å². The van der Waals surface area contributed by atoms with Gasteiger partial charge in [-0.25, -0.2) is 9.97 Å². The normalized spacial score (nSPS) is 13.8. The summed E-state index contributed by atoms with van der Waals surface area (Å²) in [6.45, 7) is 5.75. The maximum Gasteiger partial charge on any atom is 0.306 e. The van der Waals surface area contributed by atoms with Crippen LogP contribution in [-0.2, 0) is 11.4 Å². The van der Waals surface area contributed by atoms with Crippen LogP contribution in [0, 0.1) is 19.8 Å². The quantitative estimate of drug-likeness (QED) is 0.250. The Morgan fingerprint density at radius 2 is 1.82 bits per heavy atom. The SMILES string of the molecule is COc1ccc(-c2ccc(COc3ccc(C)cc3-c3ccnc(N4CCC(C(=O)O)CC4)n3)c(C)c2)c(Cl)c1. The second kappa shape index (κ2) is 12.0. The summed E-state index contributed by atoms with van der Waals surface area (Å²) in [6.07, 6.45) is 2.93. The maximum absolute atomic E-state index is 11.3. The number of benzene rings is 3. The molecule has 0 saturated carbocycles. The number of rotatable bonds is 8. The molecule has 1 aromatic heterocycles. The van der Waals surface area contributed by atoms with Gasteiger partial charge >= 0.3 is 5.97 Å². The van der Waals surface area contributed by atoms with E-state index in [-0.39, 0.29) is 5.92 Å². The highest BCUT2D eigenvalue weighted by Gasteiger charge is 2.26. The Hall–Kier alpha value is -4.10.